The van der Waals surface area contributed by atoms with Crippen LogP contribution < -0.4 is 0 Å². The zero-order valence-electron chi connectivity index (χ0n) is 19.2. The molecule has 2 aromatic carbocycles. The van der Waals surface area contributed by atoms with Crippen LogP contribution in [0.1, 0.15) is 53.6 Å². The highest BCUT2D eigenvalue weighted by Crippen LogP contribution is 2.40. The number of carboxylic acids is 1. The van der Waals surface area contributed by atoms with E-state index in [1.54, 1.807) is 0 Å². The second kappa shape index (κ2) is 7.70. The predicted molar refractivity (Wildman–Crippen MR) is 122 cm³/mol. The summed E-state index contributed by atoms with van der Waals surface area (Å²) in [6, 6.07) is 8.36. The number of carboxylic acid groups (broad SMARTS) is 1. The van der Waals surface area contributed by atoms with Gasteiger partial charge in [0.15, 0.2) is 0 Å². The molecule has 31 heavy (non-hydrogen) atoms. The van der Waals surface area contributed by atoms with E-state index in [9.17, 15) is 14.7 Å². The lowest BCUT2D eigenvalue weighted by molar-refractivity contribution is -0.136. The van der Waals surface area contributed by atoms with E-state index in [-0.39, 0.29) is 17.9 Å². The molecule has 5 nitrogen and oxygen atoms in total. The molecule has 2 amide bonds. The van der Waals surface area contributed by atoms with Gasteiger partial charge < -0.3 is 14.9 Å². The number of hydrogen-bond donors (Lipinski definition) is 1. The van der Waals surface area contributed by atoms with Gasteiger partial charge in [0, 0.05) is 26.2 Å². The van der Waals surface area contributed by atoms with Crippen molar-refractivity contribution in [2.24, 2.45) is 5.41 Å². The second-order valence-electron chi connectivity index (χ2n) is 9.97. The van der Waals surface area contributed by atoms with E-state index < -0.39 is 5.97 Å². The van der Waals surface area contributed by atoms with Crippen molar-refractivity contribution in [2.75, 3.05) is 13.1 Å². The summed E-state index contributed by atoms with van der Waals surface area (Å²) < 4.78 is 0. The summed E-state index contributed by atoms with van der Waals surface area (Å²) in [4.78, 5) is 28.8. The van der Waals surface area contributed by atoms with Crippen molar-refractivity contribution in [1.29, 1.82) is 0 Å². The number of fused-ring (bicyclic) bond motifs is 1. The Balaban J connectivity index is 1.74. The minimum absolute atomic E-state index is 0.0164. The Morgan fingerprint density at radius 2 is 1.58 bits per heavy atom. The van der Waals surface area contributed by atoms with E-state index in [0.717, 1.165) is 52.9 Å². The number of carbonyl (C=O) groups excluding carboxylic acids is 1. The number of aryl methyl sites for hydroxylation is 1. The van der Waals surface area contributed by atoms with Crippen LogP contribution in [0.2, 0.25) is 0 Å². The lowest BCUT2D eigenvalue weighted by atomic mass is 9.84. The molecule has 164 valence electrons. The number of nitrogens with zero attached hydrogens (tertiary/aromatic N) is 2. The number of amides is 2. The van der Waals surface area contributed by atoms with Crippen molar-refractivity contribution in [1.82, 2.24) is 9.80 Å². The van der Waals surface area contributed by atoms with E-state index >= 15 is 0 Å². The molecular formula is C26H32N2O3. The van der Waals surface area contributed by atoms with Crippen molar-refractivity contribution in [3.63, 3.8) is 0 Å². The van der Waals surface area contributed by atoms with Crippen LogP contribution in [0.4, 0.5) is 4.79 Å². The highest BCUT2D eigenvalue weighted by molar-refractivity contribution is 5.83. The van der Waals surface area contributed by atoms with Gasteiger partial charge in [0.05, 0.1) is 6.42 Å². The molecule has 2 aliphatic heterocycles. The van der Waals surface area contributed by atoms with Crippen LogP contribution >= 0.6 is 0 Å². The molecule has 2 aromatic rings. The highest BCUT2D eigenvalue weighted by Gasteiger charge is 2.37. The minimum atomic E-state index is -0.832. The van der Waals surface area contributed by atoms with Gasteiger partial charge in [-0.15, -0.1) is 0 Å². The third-order valence-corrected chi connectivity index (χ3v) is 6.98. The van der Waals surface area contributed by atoms with Gasteiger partial charge >= 0.3 is 12.0 Å². The van der Waals surface area contributed by atoms with Gasteiger partial charge in [0.25, 0.3) is 0 Å². The Morgan fingerprint density at radius 3 is 2.13 bits per heavy atom. The molecule has 1 saturated heterocycles. The van der Waals surface area contributed by atoms with Crippen molar-refractivity contribution < 1.29 is 14.7 Å². The van der Waals surface area contributed by atoms with Gasteiger partial charge in [0.1, 0.15) is 0 Å². The molecule has 0 spiro atoms. The quantitative estimate of drug-likeness (QED) is 0.754. The van der Waals surface area contributed by atoms with Crippen molar-refractivity contribution in [2.45, 2.75) is 60.5 Å². The van der Waals surface area contributed by atoms with Gasteiger partial charge in [-0.05, 0) is 71.6 Å². The Bertz CT molecular complexity index is 1050. The van der Waals surface area contributed by atoms with Gasteiger partial charge in [-0.25, -0.2) is 4.79 Å². The fraction of sp³-hybridized carbons (Fsp3) is 0.462. The smallest absolute Gasteiger partial charge is 0.320 e. The number of benzene rings is 2. The van der Waals surface area contributed by atoms with Gasteiger partial charge in [-0.2, -0.15) is 0 Å². The second-order valence-corrected chi connectivity index (χ2v) is 9.97. The van der Waals surface area contributed by atoms with Crippen LogP contribution in [-0.4, -0.2) is 40.0 Å². The summed E-state index contributed by atoms with van der Waals surface area (Å²) in [5.74, 6) is -0.832. The molecule has 0 atom stereocenters. The topological polar surface area (TPSA) is 60.9 Å². The molecule has 0 unspecified atom stereocenters. The monoisotopic (exact) mass is 420 g/mol. The van der Waals surface area contributed by atoms with Crippen LogP contribution in [0.25, 0.3) is 11.1 Å². The molecular weight excluding hydrogens is 388 g/mol. The molecule has 4 rings (SSSR count). The molecule has 0 aliphatic carbocycles. The van der Waals surface area contributed by atoms with E-state index in [2.05, 4.69) is 45.0 Å². The number of likely N-dealkylation sites (tertiary alicyclic amines) is 1. The zero-order chi connectivity index (χ0) is 22.5. The first-order valence-electron chi connectivity index (χ1n) is 11.0. The van der Waals surface area contributed by atoms with E-state index in [1.807, 2.05) is 23.6 Å². The van der Waals surface area contributed by atoms with Crippen molar-refractivity contribution in [3.8, 4) is 11.1 Å². The Kier molecular flexibility index (Phi) is 5.32. The number of urea groups is 1. The predicted octanol–water partition coefficient (Wildman–Crippen LogP) is 5.07. The number of rotatable bonds is 3. The van der Waals surface area contributed by atoms with E-state index in [4.69, 9.17) is 0 Å². The Labute approximate surface area is 184 Å². The first kappa shape index (κ1) is 21.4. The number of carbonyl (C=O) groups is 2. The van der Waals surface area contributed by atoms with Crippen molar-refractivity contribution in [3.05, 3.63) is 57.6 Å². The lowest BCUT2D eigenvalue weighted by Crippen LogP contribution is -2.39. The molecule has 0 aromatic heterocycles. The normalized spacial score (nSPS) is 17.2. The van der Waals surface area contributed by atoms with Crippen LogP contribution in [0.15, 0.2) is 24.3 Å². The molecule has 1 N–H and O–H groups in total. The molecule has 5 heteroatoms. The van der Waals surface area contributed by atoms with Crippen LogP contribution in [0.3, 0.4) is 0 Å². The fourth-order valence-corrected chi connectivity index (χ4v) is 5.16. The molecule has 0 bridgehead atoms. The molecule has 0 radical (unpaired) electrons. The average molecular weight is 421 g/mol. The van der Waals surface area contributed by atoms with E-state index in [1.165, 1.54) is 11.1 Å². The lowest BCUT2D eigenvalue weighted by Gasteiger charge is -2.25. The van der Waals surface area contributed by atoms with E-state index in [0.29, 0.717) is 13.1 Å². The van der Waals surface area contributed by atoms with Crippen LogP contribution in [0.5, 0.6) is 0 Å². The largest absolute Gasteiger partial charge is 0.481 e. The zero-order valence-corrected chi connectivity index (χ0v) is 19.2. The van der Waals surface area contributed by atoms with Crippen molar-refractivity contribution >= 4 is 12.0 Å². The maximum Gasteiger partial charge on any atom is 0.320 e. The Morgan fingerprint density at radius 1 is 0.968 bits per heavy atom. The first-order valence-corrected chi connectivity index (χ1v) is 11.0. The minimum Gasteiger partial charge on any atom is -0.481 e. The fourth-order valence-electron chi connectivity index (χ4n) is 5.16. The molecule has 2 heterocycles. The van der Waals surface area contributed by atoms with Gasteiger partial charge in [-0.1, -0.05) is 43.7 Å². The third kappa shape index (κ3) is 3.93. The summed E-state index contributed by atoms with van der Waals surface area (Å²) in [5.41, 5.74) is 8.65. The number of hydrogen-bond acceptors (Lipinski definition) is 2. The van der Waals surface area contributed by atoms with Gasteiger partial charge in [-0.3, -0.25) is 4.79 Å². The molecule has 2 aliphatic rings. The maximum atomic E-state index is 13.2. The summed E-state index contributed by atoms with van der Waals surface area (Å²) in [5, 5.41) is 9.61. The summed E-state index contributed by atoms with van der Waals surface area (Å²) in [7, 11) is 0. The van der Waals surface area contributed by atoms with Gasteiger partial charge in [0.2, 0.25) is 0 Å². The molecule has 0 saturated carbocycles. The summed E-state index contributed by atoms with van der Waals surface area (Å²) in [6.45, 7) is 13.3. The maximum absolute atomic E-state index is 13.2. The standard InChI is InChI=1S/C26H32N2O3/c1-16-6-8-19(9-7-16)24-18(3)22-14-28(25(31)27-11-10-26(4,5)15-27)13-21(22)17(2)20(24)12-23(29)30/h6-9H,10-15H2,1-5H3,(H,29,30). The summed E-state index contributed by atoms with van der Waals surface area (Å²) >= 11 is 0. The third-order valence-electron chi connectivity index (χ3n) is 6.98. The average Bonchev–Trinajstić information content (AvgIpc) is 3.30. The Hall–Kier alpha value is -2.82. The van der Waals surface area contributed by atoms with Crippen LogP contribution in [-0.2, 0) is 24.3 Å². The summed E-state index contributed by atoms with van der Waals surface area (Å²) in [6.07, 6.45) is 1.01. The molecule has 1 fully saturated rings. The first-order chi connectivity index (χ1) is 14.6. The highest BCUT2D eigenvalue weighted by atomic mass is 16.4. The number of aliphatic carboxylic acids is 1. The SMILES string of the molecule is Cc1ccc(-c2c(C)c3c(c(C)c2CC(=O)O)CN(C(=O)N2CCC(C)(C)C2)C3)cc1. The van der Waals surface area contributed by atoms with Crippen LogP contribution in [0, 0.1) is 26.2 Å².